The second kappa shape index (κ2) is 5.55. The van der Waals surface area contributed by atoms with Crippen molar-refractivity contribution in [2.24, 2.45) is 0 Å². The molecule has 0 saturated heterocycles. The van der Waals surface area contributed by atoms with Crippen LogP contribution in [0.1, 0.15) is 44.9 Å². The summed E-state index contributed by atoms with van der Waals surface area (Å²) < 4.78 is 0. The van der Waals surface area contributed by atoms with E-state index in [1.807, 2.05) is 11.8 Å². The van der Waals surface area contributed by atoms with Crippen LogP contribution in [-0.2, 0) is 0 Å². The van der Waals surface area contributed by atoms with E-state index in [1.165, 1.54) is 38.5 Å². The van der Waals surface area contributed by atoms with Crippen molar-refractivity contribution in [1.29, 1.82) is 0 Å². The lowest BCUT2D eigenvalue weighted by Gasteiger charge is -2.31. The summed E-state index contributed by atoms with van der Waals surface area (Å²) in [5.74, 6) is 0. The monoisotopic (exact) mass is 229 g/mol. The van der Waals surface area contributed by atoms with E-state index in [4.69, 9.17) is 0 Å². The van der Waals surface area contributed by atoms with E-state index in [2.05, 4.69) is 11.6 Å². The van der Waals surface area contributed by atoms with Crippen molar-refractivity contribution in [1.82, 2.24) is 5.32 Å². The van der Waals surface area contributed by atoms with E-state index in [1.54, 1.807) is 0 Å². The van der Waals surface area contributed by atoms with Crippen LogP contribution in [0.2, 0.25) is 0 Å². The highest BCUT2D eigenvalue weighted by Gasteiger charge is 2.29. The normalized spacial score (nSPS) is 42.0. The number of hydrogen-bond acceptors (Lipinski definition) is 3. The van der Waals surface area contributed by atoms with Crippen molar-refractivity contribution < 1.29 is 5.11 Å². The molecule has 2 aliphatic carbocycles. The third-order valence-corrected chi connectivity index (χ3v) is 4.99. The van der Waals surface area contributed by atoms with Crippen molar-refractivity contribution >= 4 is 11.8 Å². The van der Waals surface area contributed by atoms with Crippen LogP contribution in [0.25, 0.3) is 0 Å². The average molecular weight is 229 g/mol. The standard InChI is InChI=1S/C12H23NOS/c1-15-10-7-6-9(8-10)13-11-4-2-3-5-12(11)14/h9-14H,2-8H2,1H3. The maximum absolute atomic E-state index is 9.88. The Morgan fingerprint density at radius 1 is 1.13 bits per heavy atom. The number of thioether (sulfide) groups is 1. The average Bonchev–Trinajstić information content (AvgIpc) is 2.69. The minimum absolute atomic E-state index is 0.0907. The van der Waals surface area contributed by atoms with Gasteiger partial charge in [-0.3, -0.25) is 0 Å². The van der Waals surface area contributed by atoms with E-state index in [0.717, 1.165) is 11.7 Å². The van der Waals surface area contributed by atoms with Crippen LogP contribution < -0.4 is 5.32 Å². The van der Waals surface area contributed by atoms with Gasteiger partial charge in [0.2, 0.25) is 0 Å². The smallest absolute Gasteiger partial charge is 0.0693 e. The van der Waals surface area contributed by atoms with Gasteiger partial charge in [0.25, 0.3) is 0 Å². The molecule has 2 N–H and O–H groups in total. The van der Waals surface area contributed by atoms with Crippen LogP contribution in [0.5, 0.6) is 0 Å². The van der Waals surface area contributed by atoms with Crippen LogP contribution in [0.3, 0.4) is 0 Å². The highest BCUT2D eigenvalue weighted by atomic mass is 32.2. The Morgan fingerprint density at radius 2 is 1.93 bits per heavy atom. The van der Waals surface area contributed by atoms with Gasteiger partial charge < -0.3 is 10.4 Å². The summed E-state index contributed by atoms with van der Waals surface area (Å²) in [5.41, 5.74) is 0. The number of hydrogen-bond donors (Lipinski definition) is 2. The lowest BCUT2D eigenvalue weighted by Crippen LogP contribution is -2.46. The van der Waals surface area contributed by atoms with Gasteiger partial charge in [-0.15, -0.1) is 0 Å². The number of rotatable bonds is 3. The van der Waals surface area contributed by atoms with Crippen LogP contribution in [0.4, 0.5) is 0 Å². The van der Waals surface area contributed by atoms with Gasteiger partial charge in [-0.1, -0.05) is 12.8 Å². The summed E-state index contributed by atoms with van der Waals surface area (Å²) in [6, 6.07) is 1.05. The fourth-order valence-corrected chi connectivity index (χ4v) is 3.71. The summed E-state index contributed by atoms with van der Waals surface area (Å²) in [4.78, 5) is 0. The van der Waals surface area contributed by atoms with Crippen molar-refractivity contribution in [3.63, 3.8) is 0 Å². The molecule has 4 atom stereocenters. The van der Waals surface area contributed by atoms with Gasteiger partial charge in [0.05, 0.1) is 6.10 Å². The van der Waals surface area contributed by atoms with Gasteiger partial charge in [0, 0.05) is 17.3 Å². The summed E-state index contributed by atoms with van der Waals surface area (Å²) in [6.07, 6.45) is 10.7. The zero-order valence-corrected chi connectivity index (χ0v) is 10.4. The minimum atomic E-state index is -0.0907. The van der Waals surface area contributed by atoms with Gasteiger partial charge in [-0.05, 0) is 38.4 Å². The Hall–Kier alpha value is 0.270. The zero-order valence-electron chi connectivity index (χ0n) is 9.61. The van der Waals surface area contributed by atoms with Gasteiger partial charge in [0.1, 0.15) is 0 Å². The second-order valence-corrected chi connectivity index (χ2v) is 6.13. The van der Waals surface area contributed by atoms with Crippen LogP contribution in [0.15, 0.2) is 0 Å². The Bertz CT molecular complexity index is 200. The van der Waals surface area contributed by atoms with Crippen molar-refractivity contribution in [2.45, 2.75) is 68.4 Å². The summed E-state index contributed by atoms with van der Waals surface area (Å²) in [6.45, 7) is 0. The molecule has 2 aliphatic rings. The first-order chi connectivity index (χ1) is 7.29. The first-order valence-corrected chi connectivity index (χ1v) is 7.55. The Kier molecular flexibility index (Phi) is 4.35. The first-order valence-electron chi connectivity index (χ1n) is 6.26. The molecule has 2 fully saturated rings. The first kappa shape index (κ1) is 11.7. The molecule has 0 heterocycles. The molecule has 0 aromatic heterocycles. The molecule has 2 rings (SSSR count). The third-order valence-electron chi connectivity index (χ3n) is 3.90. The molecular formula is C12H23NOS. The Balaban J connectivity index is 1.76. The summed E-state index contributed by atoms with van der Waals surface area (Å²) >= 11 is 2.00. The molecule has 88 valence electrons. The minimum Gasteiger partial charge on any atom is -0.392 e. The SMILES string of the molecule is CSC1CCC(NC2CCCCC2O)C1. The fraction of sp³-hybridized carbons (Fsp3) is 1.00. The molecule has 4 unspecified atom stereocenters. The number of nitrogens with one attached hydrogen (secondary N) is 1. The molecule has 0 aromatic rings. The largest absolute Gasteiger partial charge is 0.392 e. The topological polar surface area (TPSA) is 32.3 Å². The molecule has 0 bridgehead atoms. The molecule has 0 radical (unpaired) electrons. The second-order valence-electron chi connectivity index (χ2n) is 4.99. The van der Waals surface area contributed by atoms with Crippen LogP contribution in [-0.4, -0.2) is 34.8 Å². The highest BCUT2D eigenvalue weighted by molar-refractivity contribution is 7.99. The zero-order chi connectivity index (χ0) is 10.7. The van der Waals surface area contributed by atoms with Gasteiger partial charge in [-0.25, -0.2) is 0 Å². The third kappa shape index (κ3) is 3.11. The lowest BCUT2D eigenvalue weighted by molar-refractivity contribution is 0.0852. The summed E-state index contributed by atoms with van der Waals surface area (Å²) in [5, 5.41) is 14.4. The van der Waals surface area contributed by atoms with Crippen molar-refractivity contribution in [2.75, 3.05) is 6.26 Å². The predicted octanol–water partition coefficient (Wildman–Crippen LogP) is 2.16. The van der Waals surface area contributed by atoms with Crippen LogP contribution in [0, 0.1) is 0 Å². The molecule has 15 heavy (non-hydrogen) atoms. The lowest BCUT2D eigenvalue weighted by atomic mass is 9.92. The number of aliphatic hydroxyl groups is 1. The van der Waals surface area contributed by atoms with E-state index in [0.29, 0.717) is 12.1 Å². The molecule has 2 saturated carbocycles. The van der Waals surface area contributed by atoms with E-state index in [9.17, 15) is 5.11 Å². The fourth-order valence-electron chi connectivity index (χ4n) is 2.91. The molecule has 3 heteroatoms. The van der Waals surface area contributed by atoms with Gasteiger partial charge in [-0.2, -0.15) is 11.8 Å². The predicted molar refractivity (Wildman–Crippen MR) is 66.3 cm³/mol. The molecule has 0 aromatic carbocycles. The van der Waals surface area contributed by atoms with Crippen molar-refractivity contribution in [3.8, 4) is 0 Å². The molecule has 0 spiro atoms. The van der Waals surface area contributed by atoms with E-state index in [-0.39, 0.29) is 6.10 Å². The van der Waals surface area contributed by atoms with Crippen LogP contribution >= 0.6 is 11.8 Å². The van der Waals surface area contributed by atoms with E-state index >= 15 is 0 Å². The van der Waals surface area contributed by atoms with E-state index < -0.39 is 0 Å². The maximum Gasteiger partial charge on any atom is 0.0693 e. The quantitative estimate of drug-likeness (QED) is 0.778. The molecule has 2 nitrogen and oxygen atoms in total. The summed E-state index contributed by atoms with van der Waals surface area (Å²) in [7, 11) is 0. The molecule has 0 aliphatic heterocycles. The maximum atomic E-state index is 9.88. The van der Waals surface area contributed by atoms with Gasteiger partial charge >= 0.3 is 0 Å². The van der Waals surface area contributed by atoms with Crippen molar-refractivity contribution in [3.05, 3.63) is 0 Å². The Morgan fingerprint density at radius 3 is 2.60 bits per heavy atom. The number of aliphatic hydroxyl groups excluding tert-OH is 1. The van der Waals surface area contributed by atoms with Gasteiger partial charge in [0.15, 0.2) is 0 Å². The highest BCUT2D eigenvalue weighted by Crippen LogP contribution is 2.29. The Labute approximate surface area is 97.2 Å². The molecular weight excluding hydrogens is 206 g/mol. The molecule has 0 amide bonds.